The Balaban J connectivity index is 1.15. The summed E-state index contributed by atoms with van der Waals surface area (Å²) in [6.45, 7) is 4.71. The molecule has 0 N–H and O–H groups in total. The van der Waals surface area contributed by atoms with Crippen LogP contribution in [-0.2, 0) is 5.41 Å². The standard InChI is InChI=1S/C59H40N2O/c1-59(2)50-27-15-13-25-45(50)46-31-29-40(34-51(46)59)60(38-18-5-3-6-19-38)41-30-32-47-52(35-41)61(39-20-7-4-8-21-39)53-36-55-57(48-26-14-16-28-54(48)62-55)58(56(47)53)49-33-37-17-9-10-22-42(37)43-23-11-12-24-44(43)49/h3-36H,1-2H3. The van der Waals surface area contributed by atoms with E-state index in [9.17, 15) is 0 Å². The summed E-state index contributed by atoms with van der Waals surface area (Å²) >= 11 is 0. The maximum Gasteiger partial charge on any atom is 0.138 e. The van der Waals surface area contributed by atoms with Crippen molar-refractivity contribution in [2.45, 2.75) is 19.3 Å². The third kappa shape index (κ3) is 4.94. The normalized spacial score (nSPS) is 13.1. The van der Waals surface area contributed by atoms with E-state index in [0.717, 1.165) is 55.7 Å². The molecular weight excluding hydrogens is 753 g/mol. The van der Waals surface area contributed by atoms with Crippen molar-refractivity contribution in [3.63, 3.8) is 0 Å². The quantitative estimate of drug-likeness (QED) is 0.162. The van der Waals surface area contributed by atoms with Crippen molar-refractivity contribution in [1.29, 1.82) is 0 Å². The Bertz CT molecular complexity index is 3780. The number of anilines is 3. The molecule has 0 spiro atoms. The molecule has 0 saturated carbocycles. The number of fused-ring (bicyclic) bond motifs is 12. The fraction of sp³-hybridized carbons (Fsp3) is 0.0508. The van der Waals surface area contributed by atoms with E-state index in [-0.39, 0.29) is 5.41 Å². The number of hydrogen-bond donors (Lipinski definition) is 0. The first-order chi connectivity index (χ1) is 30.5. The molecule has 12 aromatic rings. The summed E-state index contributed by atoms with van der Waals surface area (Å²) in [7, 11) is 0. The predicted octanol–water partition coefficient (Wildman–Crippen LogP) is 16.4. The number of aromatic nitrogens is 1. The Morgan fingerprint density at radius 1 is 0.403 bits per heavy atom. The summed E-state index contributed by atoms with van der Waals surface area (Å²) in [6.07, 6.45) is 0. The van der Waals surface area contributed by atoms with E-state index in [2.05, 4.69) is 230 Å². The lowest BCUT2D eigenvalue weighted by Crippen LogP contribution is -2.16. The Labute approximate surface area is 359 Å². The second-order valence-electron chi connectivity index (χ2n) is 17.3. The van der Waals surface area contributed by atoms with Crippen LogP contribution in [0.2, 0.25) is 0 Å². The Morgan fingerprint density at radius 3 is 1.89 bits per heavy atom. The van der Waals surface area contributed by atoms with Crippen molar-refractivity contribution in [3.8, 4) is 27.9 Å². The van der Waals surface area contributed by atoms with E-state index in [1.54, 1.807) is 0 Å². The van der Waals surface area contributed by atoms with Crippen molar-refractivity contribution in [3.05, 3.63) is 217 Å². The highest BCUT2D eigenvalue weighted by Gasteiger charge is 2.36. The van der Waals surface area contributed by atoms with Crippen molar-refractivity contribution < 1.29 is 4.42 Å². The van der Waals surface area contributed by atoms with Crippen LogP contribution in [0, 0.1) is 0 Å². The number of furan rings is 1. The van der Waals surface area contributed by atoms with E-state index < -0.39 is 0 Å². The van der Waals surface area contributed by atoms with Gasteiger partial charge < -0.3 is 13.9 Å². The van der Waals surface area contributed by atoms with Crippen LogP contribution >= 0.6 is 0 Å². The van der Waals surface area contributed by atoms with Gasteiger partial charge in [0.1, 0.15) is 11.2 Å². The minimum atomic E-state index is -0.127. The molecule has 0 aliphatic heterocycles. The molecule has 13 rings (SSSR count). The first-order valence-corrected chi connectivity index (χ1v) is 21.5. The minimum Gasteiger partial charge on any atom is -0.456 e. The van der Waals surface area contributed by atoms with Gasteiger partial charge in [-0.25, -0.2) is 0 Å². The predicted molar refractivity (Wildman–Crippen MR) is 261 cm³/mol. The molecule has 2 heterocycles. The molecule has 292 valence electrons. The number of hydrogen-bond acceptors (Lipinski definition) is 2. The zero-order chi connectivity index (χ0) is 41.1. The average molecular weight is 793 g/mol. The molecule has 0 radical (unpaired) electrons. The van der Waals surface area contributed by atoms with E-state index >= 15 is 0 Å². The Hall–Kier alpha value is -7.88. The molecule has 2 aromatic heterocycles. The average Bonchev–Trinajstić information content (AvgIpc) is 3.93. The van der Waals surface area contributed by atoms with E-state index in [1.807, 2.05) is 0 Å². The highest BCUT2D eigenvalue weighted by Crippen LogP contribution is 2.52. The van der Waals surface area contributed by atoms with Gasteiger partial charge in [-0.15, -0.1) is 0 Å². The third-order valence-corrected chi connectivity index (χ3v) is 13.5. The highest BCUT2D eigenvalue weighted by molar-refractivity contribution is 6.30. The molecule has 0 bridgehead atoms. The van der Waals surface area contributed by atoms with Gasteiger partial charge in [0, 0.05) is 61.3 Å². The summed E-state index contributed by atoms with van der Waals surface area (Å²) in [5, 5.41) is 9.58. The van der Waals surface area contributed by atoms with Gasteiger partial charge in [0.25, 0.3) is 0 Å². The zero-order valence-corrected chi connectivity index (χ0v) is 34.4. The minimum absolute atomic E-state index is 0.127. The smallest absolute Gasteiger partial charge is 0.138 e. The van der Waals surface area contributed by atoms with E-state index in [1.165, 1.54) is 65.7 Å². The number of para-hydroxylation sites is 3. The molecule has 3 heteroatoms. The topological polar surface area (TPSA) is 21.3 Å². The van der Waals surface area contributed by atoms with Crippen LogP contribution in [0.15, 0.2) is 211 Å². The molecule has 3 nitrogen and oxygen atoms in total. The second kappa shape index (κ2) is 13.1. The van der Waals surface area contributed by atoms with Crippen LogP contribution in [0.3, 0.4) is 0 Å². The Kier molecular flexibility index (Phi) is 7.36. The largest absolute Gasteiger partial charge is 0.456 e. The fourth-order valence-electron chi connectivity index (χ4n) is 10.7. The maximum absolute atomic E-state index is 6.84. The molecule has 62 heavy (non-hydrogen) atoms. The summed E-state index contributed by atoms with van der Waals surface area (Å²) < 4.78 is 9.29. The maximum atomic E-state index is 6.84. The summed E-state index contributed by atoms with van der Waals surface area (Å²) in [6, 6.07) is 75.4. The summed E-state index contributed by atoms with van der Waals surface area (Å²) in [4.78, 5) is 2.42. The summed E-state index contributed by atoms with van der Waals surface area (Å²) in [5.41, 5.74) is 16.0. The van der Waals surface area contributed by atoms with Crippen LogP contribution < -0.4 is 4.90 Å². The second-order valence-corrected chi connectivity index (χ2v) is 17.3. The van der Waals surface area contributed by atoms with Gasteiger partial charge in [-0.2, -0.15) is 0 Å². The van der Waals surface area contributed by atoms with Crippen molar-refractivity contribution in [2.75, 3.05) is 4.90 Å². The number of rotatable bonds is 5. The highest BCUT2D eigenvalue weighted by atomic mass is 16.3. The summed E-state index contributed by atoms with van der Waals surface area (Å²) in [5.74, 6) is 0. The van der Waals surface area contributed by atoms with Crippen LogP contribution in [-0.4, -0.2) is 4.57 Å². The van der Waals surface area contributed by atoms with Crippen molar-refractivity contribution in [2.24, 2.45) is 0 Å². The molecule has 1 aliphatic rings. The molecule has 0 amide bonds. The van der Waals surface area contributed by atoms with Crippen LogP contribution in [0.25, 0.3) is 93.2 Å². The SMILES string of the molecule is CC1(C)c2ccccc2-c2ccc(N(c3ccccc3)c3ccc4c5c(-c6cc7ccccc7c7ccccc67)c6c(cc5n(-c5ccccc5)c4c3)oc3ccccc36)cc21. The van der Waals surface area contributed by atoms with Crippen molar-refractivity contribution >= 4 is 82.4 Å². The monoisotopic (exact) mass is 792 g/mol. The number of benzene rings is 10. The lowest BCUT2D eigenvalue weighted by atomic mass is 9.82. The lowest BCUT2D eigenvalue weighted by Gasteiger charge is -2.28. The fourth-order valence-corrected chi connectivity index (χ4v) is 10.7. The van der Waals surface area contributed by atoms with Crippen LogP contribution in [0.1, 0.15) is 25.0 Å². The van der Waals surface area contributed by atoms with Crippen LogP contribution in [0.5, 0.6) is 0 Å². The van der Waals surface area contributed by atoms with Crippen molar-refractivity contribution in [1.82, 2.24) is 4.57 Å². The van der Waals surface area contributed by atoms with E-state index in [4.69, 9.17) is 4.42 Å². The molecule has 10 aromatic carbocycles. The number of nitrogens with zero attached hydrogens (tertiary/aromatic N) is 2. The third-order valence-electron chi connectivity index (χ3n) is 13.5. The molecule has 0 fully saturated rings. The van der Waals surface area contributed by atoms with Gasteiger partial charge in [0.15, 0.2) is 0 Å². The van der Waals surface area contributed by atoms with Gasteiger partial charge in [-0.1, -0.05) is 153 Å². The zero-order valence-electron chi connectivity index (χ0n) is 34.4. The first kappa shape index (κ1) is 34.9. The molecule has 0 unspecified atom stereocenters. The molecule has 0 atom stereocenters. The van der Waals surface area contributed by atoms with Gasteiger partial charge in [-0.05, 0) is 110 Å². The van der Waals surface area contributed by atoms with Crippen LogP contribution in [0.4, 0.5) is 17.1 Å². The lowest BCUT2D eigenvalue weighted by molar-refractivity contribution is 0.660. The Morgan fingerprint density at radius 2 is 1.05 bits per heavy atom. The molecule has 1 aliphatic carbocycles. The van der Waals surface area contributed by atoms with Gasteiger partial charge >= 0.3 is 0 Å². The first-order valence-electron chi connectivity index (χ1n) is 21.5. The molecular formula is C59H40N2O. The van der Waals surface area contributed by atoms with E-state index in [0.29, 0.717) is 0 Å². The van der Waals surface area contributed by atoms with Gasteiger partial charge in [-0.3, -0.25) is 0 Å². The van der Waals surface area contributed by atoms with Gasteiger partial charge in [0.05, 0.1) is 11.0 Å². The molecule has 0 saturated heterocycles. The van der Waals surface area contributed by atoms with Gasteiger partial charge in [0.2, 0.25) is 0 Å².